The molecule has 6 heteroatoms. The molecule has 144 valence electrons. The number of para-hydroxylation sites is 1. The molecular weight excluding hydrogens is 374 g/mol. The number of nitrogens with one attached hydrogen (secondary N) is 1. The topological polar surface area (TPSA) is 54.5 Å². The summed E-state index contributed by atoms with van der Waals surface area (Å²) in [6.45, 7) is 2.46. The Balaban J connectivity index is 1.41. The van der Waals surface area contributed by atoms with Crippen LogP contribution in [-0.4, -0.2) is 30.6 Å². The summed E-state index contributed by atoms with van der Waals surface area (Å²) >= 11 is 5.88. The number of benzene rings is 2. The first-order chi connectivity index (χ1) is 13.7. The van der Waals surface area contributed by atoms with E-state index in [1.165, 1.54) is 12.8 Å². The van der Waals surface area contributed by atoms with Crippen LogP contribution in [0, 0.1) is 0 Å². The second-order valence-electron chi connectivity index (χ2n) is 6.88. The molecular formula is C22H22ClN3O2. The van der Waals surface area contributed by atoms with Gasteiger partial charge in [0.1, 0.15) is 17.1 Å². The van der Waals surface area contributed by atoms with E-state index in [0.29, 0.717) is 17.3 Å². The van der Waals surface area contributed by atoms with Crippen molar-refractivity contribution in [1.29, 1.82) is 0 Å². The highest BCUT2D eigenvalue weighted by atomic mass is 35.5. The van der Waals surface area contributed by atoms with E-state index in [-0.39, 0.29) is 12.5 Å². The number of carbonyl (C=O) groups is 1. The van der Waals surface area contributed by atoms with Gasteiger partial charge in [0, 0.05) is 30.0 Å². The zero-order valence-electron chi connectivity index (χ0n) is 15.5. The van der Waals surface area contributed by atoms with Crippen LogP contribution in [0.2, 0.25) is 5.02 Å². The minimum atomic E-state index is -0.178. The lowest BCUT2D eigenvalue weighted by Gasteiger charge is -2.17. The van der Waals surface area contributed by atoms with Crippen LogP contribution in [0.4, 0.5) is 5.82 Å². The van der Waals surface area contributed by atoms with Crippen molar-refractivity contribution in [3.05, 3.63) is 65.2 Å². The Kier molecular flexibility index (Phi) is 5.63. The number of rotatable bonds is 6. The molecule has 1 saturated heterocycles. The number of fused-ring (bicyclic) bond motifs is 1. The molecule has 0 spiro atoms. The Morgan fingerprint density at radius 1 is 1.07 bits per heavy atom. The largest absolute Gasteiger partial charge is 0.481 e. The van der Waals surface area contributed by atoms with Crippen molar-refractivity contribution >= 4 is 34.2 Å². The van der Waals surface area contributed by atoms with Gasteiger partial charge in [-0.05, 0) is 48.7 Å². The predicted octanol–water partition coefficient (Wildman–Crippen LogP) is 4.18. The number of pyridine rings is 1. The minimum Gasteiger partial charge on any atom is -0.481 e. The number of carbonyl (C=O) groups excluding carboxylic acids is 1. The second-order valence-corrected chi connectivity index (χ2v) is 7.32. The molecule has 4 rings (SSSR count). The second kappa shape index (κ2) is 8.48. The van der Waals surface area contributed by atoms with Crippen molar-refractivity contribution in [2.24, 2.45) is 0 Å². The summed E-state index contributed by atoms with van der Waals surface area (Å²) in [6, 6.07) is 17.3. The van der Waals surface area contributed by atoms with E-state index in [2.05, 4.69) is 22.3 Å². The zero-order valence-corrected chi connectivity index (χ0v) is 16.3. The standard InChI is InChI=1S/C22H22ClN3O2/c23-18-9-6-16(7-10-18)14-24-21(27)15-28-19-5-3-4-17-8-11-20(25-22(17)19)26-12-1-2-13-26/h3-11H,1-2,12-15H2,(H,24,27). The Morgan fingerprint density at radius 3 is 2.64 bits per heavy atom. The number of anilines is 1. The fourth-order valence-corrected chi connectivity index (χ4v) is 3.47. The van der Waals surface area contributed by atoms with Gasteiger partial charge in [0.15, 0.2) is 6.61 Å². The maximum Gasteiger partial charge on any atom is 0.258 e. The molecule has 0 radical (unpaired) electrons. The molecule has 1 aromatic heterocycles. The van der Waals surface area contributed by atoms with Crippen LogP contribution in [0.1, 0.15) is 18.4 Å². The monoisotopic (exact) mass is 395 g/mol. The maximum atomic E-state index is 12.2. The fourth-order valence-electron chi connectivity index (χ4n) is 3.35. The summed E-state index contributed by atoms with van der Waals surface area (Å²) < 4.78 is 5.79. The number of aromatic nitrogens is 1. The van der Waals surface area contributed by atoms with Crippen LogP contribution >= 0.6 is 11.6 Å². The molecule has 2 heterocycles. The molecule has 3 aromatic rings. The molecule has 28 heavy (non-hydrogen) atoms. The van der Waals surface area contributed by atoms with Crippen LogP contribution in [0.15, 0.2) is 54.6 Å². The fraction of sp³-hybridized carbons (Fsp3) is 0.273. The third-order valence-corrected chi connectivity index (χ3v) is 5.11. The number of nitrogens with zero attached hydrogens (tertiary/aromatic N) is 2. The molecule has 2 aromatic carbocycles. The third-order valence-electron chi connectivity index (χ3n) is 4.86. The predicted molar refractivity (Wildman–Crippen MR) is 112 cm³/mol. The van der Waals surface area contributed by atoms with Crippen molar-refractivity contribution in [3.8, 4) is 5.75 Å². The van der Waals surface area contributed by atoms with Crippen LogP contribution in [0.3, 0.4) is 0 Å². The van der Waals surface area contributed by atoms with Crippen molar-refractivity contribution in [3.63, 3.8) is 0 Å². The molecule has 0 saturated carbocycles. The number of hydrogen-bond donors (Lipinski definition) is 1. The van der Waals surface area contributed by atoms with E-state index in [1.54, 1.807) is 12.1 Å². The molecule has 0 aliphatic carbocycles. The van der Waals surface area contributed by atoms with Crippen molar-refractivity contribution in [2.75, 3.05) is 24.6 Å². The number of hydrogen-bond acceptors (Lipinski definition) is 4. The van der Waals surface area contributed by atoms with Gasteiger partial charge < -0.3 is 15.0 Å². The Hall–Kier alpha value is -2.79. The first-order valence-corrected chi connectivity index (χ1v) is 9.85. The molecule has 1 N–H and O–H groups in total. The summed E-state index contributed by atoms with van der Waals surface area (Å²) in [5, 5.41) is 4.54. The SMILES string of the molecule is O=C(COc1cccc2ccc(N3CCCC3)nc12)NCc1ccc(Cl)cc1. The Morgan fingerprint density at radius 2 is 1.86 bits per heavy atom. The lowest BCUT2D eigenvalue weighted by molar-refractivity contribution is -0.123. The lowest BCUT2D eigenvalue weighted by atomic mass is 10.2. The average molecular weight is 396 g/mol. The van der Waals surface area contributed by atoms with Gasteiger partial charge in [0.05, 0.1) is 0 Å². The van der Waals surface area contributed by atoms with E-state index in [9.17, 15) is 4.79 Å². The summed E-state index contributed by atoms with van der Waals surface area (Å²) in [6.07, 6.45) is 2.40. The van der Waals surface area contributed by atoms with Gasteiger partial charge in [-0.3, -0.25) is 4.79 Å². The summed E-state index contributed by atoms with van der Waals surface area (Å²) in [4.78, 5) is 19.3. The van der Waals surface area contributed by atoms with Gasteiger partial charge in [-0.15, -0.1) is 0 Å². The van der Waals surface area contributed by atoms with Gasteiger partial charge in [-0.1, -0.05) is 35.9 Å². The molecule has 0 unspecified atom stereocenters. The van der Waals surface area contributed by atoms with Gasteiger partial charge in [0.25, 0.3) is 5.91 Å². The van der Waals surface area contributed by atoms with Crippen molar-refractivity contribution < 1.29 is 9.53 Å². The quantitative estimate of drug-likeness (QED) is 0.680. The summed E-state index contributed by atoms with van der Waals surface area (Å²) in [7, 11) is 0. The highest BCUT2D eigenvalue weighted by Crippen LogP contribution is 2.27. The average Bonchev–Trinajstić information content (AvgIpc) is 3.26. The molecule has 5 nitrogen and oxygen atoms in total. The normalized spacial score (nSPS) is 13.7. The number of halogens is 1. The van der Waals surface area contributed by atoms with Crippen LogP contribution < -0.4 is 15.0 Å². The van der Waals surface area contributed by atoms with Crippen molar-refractivity contribution in [2.45, 2.75) is 19.4 Å². The molecule has 1 aliphatic rings. The van der Waals surface area contributed by atoms with E-state index in [0.717, 1.165) is 35.4 Å². The van der Waals surface area contributed by atoms with Gasteiger partial charge in [-0.2, -0.15) is 0 Å². The maximum absolute atomic E-state index is 12.2. The molecule has 0 atom stereocenters. The summed E-state index contributed by atoms with van der Waals surface area (Å²) in [5.74, 6) is 1.41. The summed E-state index contributed by atoms with van der Waals surface area (Å²) in [5.41, 5.74) is 1.78. The van der Waals surface area contributed by atoms with Crippen LogP contribution in [0.25, 0.3) is 10.9 Å². The first kappa shape index (κ1) is 18.6. The lowest BCUT2D eigenvalue weighted by Crippen LogP contribution is -2.28. The van der Waals surface area contributed by atoms with E-state index in [4.69, 9.17) is 21.3 Å². The van der Waals surface area contributed by atoms with Gasteiger partial charge in [0.2, 0.25) is 0 Å². The number of ether oxygens (including phenoxy) is 1. The highest BCUT2D eigenvalue weighted by Gasteiger charge is 2.15. The Bertz CT molecular complexity index is 969. The zero-order chi connectivity index (χ0) is 19.3. The molecule has 1 fully saturated rings. The van der Waals surface area contributed by atoms with E-state index < -0.39 is 0 Å². The Labute approximate surface area is 169 Å². The van der Waals surface area contributed by atoms with Gasteiger partial charge >= 0.3 is 0 Å². The molecule has 1 aliphatic heterocycles. The van der Waals surface area contributed by atoms with Gasteiger partial charge in [-0.25, -0.2) is 4.98 Å². The molecule has 0 bridgehead atoms. The smallest absolute Gasteiger partial charge is 0.258 e. The van der Waals surface area contributed by atoms with E-state index in [1.807, 2.05) is 30.3 Å². The first-order valence-electron chi connectivity index (χ1n) is 9.48. The highest BCUT2D eigenvalue weighted by molar-refractivity contribution is 6.30. The molecule has 1 amide bonds. The van der Waals surface area contributed by atoms with Crippen molar-refractivity contribution in [1.82, 2.24) is 10.3 Å². The minimum absolute atomic E-state index is 0.0532. The number of amides is 1. The van der Waals surface area contributed by atoms with Crippen LogP contribution in [0.5, 0.6) is 5.75 Å². The third kappa shape index (κ3) is 4.37. The van der Waals surface area contributed by atoms with E-state index >= 15 is 0 Å². The van der Waals surface area contributed by atoms with Crippen LogP contribution in [-0.2, 0) is 11.3 Å².